The second-order valence-corrected chi connectivity index (χ2v) is 8.20. The van der Waals surface area contributed by atoms with Crippen molar-refractivity contribution >= 4 is 17.8 Å². The van der Waals surface area contributed by atoms with Crippen molar-refractivity contribution in [2.75, 3.05) is 7.11 Å². The van der Waals surface area contributed by atoms with Gasteiger partial charge >= 0.3 is 5.97 Å². The molecule has 1 N–H and O–H groups in total. The highest BCUT2D eigenvalue weighted by Gasteiger charge is 2.09. The third-order valence-electron chi connectivity index (χ3n) is 5.83. The molecule has 0 amide bonds. The second-order valence-electron chi connectivity index (χ2n) is 8.20. The molecule has 0 aliphatic heterocycles. The van der Waals surface area contributed by atoms with Gasteiger partial charge in [0, 0.05) is 11.1 Å². The van der Waals surface area contributed by atoms with Gasteiger partial charge in [0.15, 0.2) is 5.78 Å². The number of Topliss-reactive ketones (excluding diaryl/α,β-unsaturated/α-hetero) is 1. The monoisotopic (exact) mass is 442 g/mol. The molecular formula is C29H30O4. The molecule has 3 aromatic carbocycles. The van der Waals surface area contributed by atoms with E-state index >= 15 is 0 Å². The van der Waals surface area contributed by atoms with Gasteiger partial charge in [-0.2, -0.15) is 0 Å². The number of hydrogen-bond donors (Lipinski definition) is 1. The van der Waals surface area contributed by atoms with Crippen molar-refractivity contribution in [2.24, 2.45) is 5.92 Å². The molecule has 0 radical (unpaired) electrons. The summed E-state index contributed by atoms with van der Waals surface area (Å²) in [4.78, 5) is 23.2. The van der Waals surface area contributed by atoms with Gasteiger partial charge in [0.1, 0.15) is 5.75 Å². The van der Waals surface area contributed by atoms with Gasteiger partial charge in [0.05, 0.1) is 12.7 Å². The lowest BCUT2D eigenvalue weighted by Gasteiger charge is -2.14. The van der Waals surface area contributed by atoms with E-state index < -0.39 is 0 Å². The van der Waals surface area contributed by atoms with E-state index in [1.807, 2.05) is 60.7 Å². The standard InChI is InChI=1S/C29H30O4/c1-21(30)25-16-11-23(12-17-25)9-7-22(13-18-26-5-3-4-6-28(26)31)8-10-24-14-19-27(20-15-24)29(32)33-2/h3-6,11-20,22,31H,7-10H2,1-2H3/b18-13+. The number of allylic oxidation sites excluding steroid dienone is 1. The number of methoxy groups -OCH3 is 1. The number of benzene rings is 3. The van der Waals surface area contributed by atoms with Gasteiger partial charge in [-0.05, 0) is 67.9 Å². The Morgan fingerprint density at radius 3 is 1.91 bits per heavy atom. The van der Waals surface area contributed by atoms with Crippen LogP contribution >= 0.6 is 0 Å². The van der Waals surface area contributed by atoms with Crippen LogP contribution in [-0.4, -0.2) is 24.0 Å². The maximum absolute atomic E-state index is 11.6. The summed E-state index contributed by atoms with van der Waals surface area (Å²) in [5.74, 6) is 0.312. The highest BCUT2D eigenvalue weighted by atomic mass is 16.5. The van der Waals surface area contributed by atoms with Crippen molar-refractivity contribution in [2.45, 2.75) is 32.6 Å². The normalized spacial score (nSPS) is 11.9. The molecule has 0 saturated carbocycles. The molecule has 0 aliphatic carbocycles. The van der Waals surface area contributed by atoms with E-state index in [2.05, 4.69) is 6.08 Å². The maximum atomic E-state index is 11.6. The Balaban J connectivity index is 1.68. The van der Waals surface area contributed by atoms with Crippen LogP contribution in [0.4, 0.5) is 0 Å². The minimum Gasteiger partial charge on any atom is -0.507 e. The molecule has 0 aliphatic rings. The average Bonchev–Trinajstić information content (AvgIpc) is 2.84. The van der Waals surface area contributed by atoms with Crippen LogP contribution in [0.25, 0.3) is 6.08 Å². The smallest absolute Gasteiger partial charge is 0.337 e. The lowest BCUT2D eigenvalue weighted by Crippen LogP contribution is -2.03. The minimum atomic E-state index is -0.333. The number of aryl methyl sites for hydroxylation is 2. The zero-order chi connectivity index (χ0) is 23.6. The quantitative estimate of drug-likeness (QED) is 0.297. The second kappa shape index (κ2) is 11.8. The van der Waals surface area contributed by atoms with Gasteiger partial charge in [0.2, 0.25) is 0 Å². The molecule has 3 aromatic rings. The number of carbonyl (C=O) groups excluding carboxylic acids is 2. The molecule has 4 heteroatoms. The van der Waals surface area contributed by atoms with Gasteiger partial charge in [-0.3, -0.25) is 4.79 Å². The molecule has 0 bridgehead atoms. The summed E-state index contributed by atoms with van der Waals surface area (Å²) in [5, 5.41) is 10.1. The molecule has 170 valence electrons. The number of aromatic hydroxyl groups is 1. The molecule has 0 spiro atoms. The summed E-state index contributed by atoms with van der Waals surface area (Å²) < 4.78 is 4.77. The zero-order valence-corrected chi connectivity index (χ0v) is 19.2. The van der Waals surface area contributed by atoms with E-state index in [0.717, 1.165) is 42.4 Å². The van der Waals surface area contributed by atoms with Crippen molar-refractivity contribution in [1.82, 2.24) is 0 Å². The van der Waals surface area contributed by atoms with E-state index in [1.54, 1.807) is 25.1 Å². The predicted octanol–water partition coefficient (Wildman–Crippen LogP) is 6.28. The van der Waals surface area contributed by atoms with Crippen molar-refractivity contribution in [3.8, 4) is 5.75 Å². The Kier molecular flexibility index (Phi) is 8.59. The Bertz CT molecular complexity index is 1100. The molecule has 0 heterocycles. The first-order valence-corrected chi connectivity index (χ1v) is 11.2. The number of ketones is 1. The first-order chi connectivity index (χ1) is 16.0. The van der Waals surface area contributed by atoms with E-state index in [4.69, 9.17) is 4.74 Å². The number of phenolic OH excluding ortho intramolecular Hbond substituents is 1. The molecule has 0 aromatic heterocycles. The van der Waals surface area contributed by atoms with Gasteiger partial charge in [-0.25, -0.2) is 4.79 Å². The number of rotatable bonds is 10. The van der Waals surface area contributed by atoms with Crippen LogP contribution in [-0.2, 0) is 17.6 Å². The van der Waals surface area contributed by atoms with E-state index in [1.165, 1.54) is 12.7 Å². The third kappa shape index (κ3) is 7.18. The van der Waals surface area contributed by atoms with Crippen molar-refractivity contribution < 1.29 is 19.4 Å². The van der Waals surface area contributed by atoms with E-state index in [-0.39, 0.29) is 17.5 Å². The van der Waals surface area contributed by atoms with Gasteiger partial charge in [-0.1, -0.05) is 66.7 Å². The van der Waals surface area contributed by atoms with Crippen molar-refractivity contribution in [3.63, 3.8) is 0 Å². The summed E-state index contributed by atoms with van der Waals surface area (Å²) in [6.45, 7) is 1.58. The molecule has 4 nitrogen and oxygen atoms in total. The molecule has 0 fully saturated rings. The Hall–Kier alpha value is -3.66. The van der Waals surface area contributed by atoms with Gasteiger partial charge < -0.3 is 9.84 Å². The number of para-hydroxylation sites is 1. The molecule has 33 heavy (non-hydrogen) atoms. The summed E-state index contributed by atoms with van der Waals surface area (Å²) in [6.07, 6.45) is 7.81. The van der Waals surface area contributed by atoms with Crippen LogP contribution in [0.5, 0.6) is 5.75 Å². The fraction of sp³-hybridized carbons (Fsp3) is 0.241. The minimum absolute atomic E-state index is 0.0725. The maximum Gasteiger partial charge on any atom is 0.337 e. The van der Waals surface area contributed by atoms with E-state index in [0.29, 0.717) is 11.5 Å². The number of ether oxygens (including phenoxy) is 1. The first-order valence-electron chi connectivity index (χ1n) is 11.2. The van der Waals surface area contributed by atoms with Gasteiger partial charge in [0.25, 0.3) is 0 Å². The van der Waals surface area contributed by atoms with Crippen LogP contribution in [0.2, 0.25) is 0 Å². The van der Waals surface area contributed by atoms with Crippen LogP contribution in [0, 0.1) is 5.92 Å². The van der Waals surface area contributed by atoms with Crippen molar-refractivity contribution in [3.05, 3.63) is 107 Å². The third-order valence-corrected chi connectivity index (χ3v) is 5.83. The molecule has 1 unspecified atom stereocenters. The number of hydrogen-bond acceptors (Lipinski definition) is 4. The Morgan fingerprint density at radius 1 is 0.848 bits per heavy atom. The van der Waals surface area contributed by atoms with Gasteiger partial charge in [-0.15, -0.1) is 0 Å². The SMILES string of the molecule is COC(=O)c1ccc(CCC(/C=C/c2ccccc2O)CCc2ccc(C(C)=O)cc2)cc1. The summed E-state index contributed by atoms with van der Waals surface area (Å²) in [5.41, 5.74) is 4.44. The average molecular weight is 443 g/mol. The van der Waals surface area contributed by atoms with Crippen LogP contribution in [0.3, 0.4) is 0 Å². The largest absolute Gasteiger partial charge is 0.507 e. The number of phenols is 1. The first kappa shape index (κ1) is 24.0. The lowest BCUT2D eigenvalue weighted by atomic mass is 9.91. The fourth-order valence-electron chi connectivity index (χ4n) is 3.74. The van der Waals surface area contributed by atoms with Crippen molar-refractivity contribution in [1.29, 1.82) is 0 Å². The Morgan fingerprint density at radius 2 is 1.39 bits per heavy atom. The summed E-state index contributed by atoms with van der Waals surface area (Å²) in [6, 6.07) is 22.6. The van der Waals surface area contributed by atoms with E-state index in [9.17, 15) is 14.7 Å². The van der Waals surface area contributed by atoms with Crippen LogP contribution in [0.1, 0.15) is 57.2 Å². The molecule has 1 atom stereocenters. The summed E-state index contributed by atoms with van der Waals surface area (Å²) >= 11 is 0. The fourth-order valence-corrected chi connectivity index (χ4v) is 3.74. The zero-order valence-electron chi connectivity index (χ0n) is 19.2. The molecule has 3 rings (SSSR count). The molecular weight excluding hydrogens is 412 g/mol. The van der Waals surface area contributed by atoms with Crippen LogP contribution < -0.4 is 0 Å². The Labute approximate surface area is 195 Å². The summed E-state index contributed by atoms with van der Waals surface area (Å²) in [7, 11) is 1.38. The molecule has 0 saturated heterocycles. The highest BCUT2D eigenvalue weighted by Crippen LogP contribution is 2.23. The number of carbonyl (C=O) groups is 2. The van der Waals surface area contributed by atoms with Crippen LogP contribution in [0.15, 0.2) is 78.9 Å². The number of esters is 1. The lowest BCUT2D eigenvalue weighted by molar-refractivity contribution is 0.0600. The highest BCUT2D eigenvalue weighted by molar-refractivity contribution is 5.94. The topological polar surface area (TPSA) is 63.6 Å². The predicted molar refractivity (Wildman–Crippen MR) is 132 cm³/mol.